The number of anilines is 1. The predicted molar refractivity (Wildman–Crippen MR) is 107 cm³/mol. The van der Waals surface area contributed by atoms with Crippen LogP contribution < -0.4 is 15.4 Å². The molecule has 150 valence electrons. The number of urea groups is 1. The van der Waals surface area contributed by atoms with E-state index in [1.165, 1.54) is 7.11 Å². The average Bonchev–Trinajstić information content (AvgIpc) is 2.65. The number of amides is 2. The highest BCUT2D eigenvalue weighted by atomic mass is 16.5. The lowest BCUT2D eigenvalue weighted by Crippen LogP contribution is -2.46. The molecule has 7 heteroatoms. The van der Waals surface area contributed by atoms with Crippen LogP contribution in [0.15, 0.2) is 48.5 Å². The van der Waals surface area contributed by atoms with Gasteiger partial charge in [0.05, 0.1) is 7.11 Å². The number of hydrogen-bond acceptors (Lipinski definition) is 4. The molecule has 7 nitrogen and oxygen atoms in total. The Morgan fingerprint density at radius 1 is 1.00 bits per heavy atom. The predicted octanol–water partition coefficient (Wildman–Crippen LogP) is 3.30. The van der Waals surface area contributed by atoms with Crippen LogP contribution >= 0.6 is 0 Å². The van der Waals surface area contributed by atoms with Gasteiger partial charge in [0.15, 0.2) is 6.04 Å². The van der Waals surface area contributed by atoms with Gasteiger partial charge in [-0.3, -0.25) is 0 Å². The van der Waals surface area contributed by atoms with Gasteiger partial charge in [-0.15, -0.1) is 0 Å². The summed E-state index contributed by atoms with van der Waals surface area (Å²) < 4.78 is 5.04. The lowest BCUT2D eigenvalue weighted by Gasteiger charge is -2.22. The Balaban J connectivity index is 2.06. The summed E-state index contributed by atoms with van der Waals surface area (Å²) in [6.45, 7) is 6.25. The number of carbonyl (C=O) groups is 2. The zero-order chi connectivity index (χ0) is 20.9. The molecule has 2 rings (SSSR count). The van der Waals surface area contributed by atoms with Gasteiger partial charge >= 0.3 is 12.0 Å². The number of methoxy groups -OCH3 is 1. The van der Waals surface area contributed by atoms with Crippen molar-refractivity contribution >= 4 is 17.7 Å². The molecule has 0 aliphatic carbocycles. The summed E-state index contributed by atoms with van der Waals surface area (Å²) in [6, 6.07) is 11.4. The minimum Gasteiger partial charge on any atom is -0.497 e. The average molecular weight is 386 g/mol. The fraction of sp³-hybridized carbons (Fsp3) is 0.333. The lowest BCUT2D eigenvalue weighted by atomic mass is 9.87. The van der Waals surface area contributed by atoms with E-state index in [4.69, 9.17) is 4.74 Å². The summed E-state index contributed by atoms with van der Waals surface area (Å²) in [5, 5.41) is 24.7. The molecule has 2 aromatic carbocycles. The molecule has 0 saturated heterocycles. The summed E-state index contributed by atoms with van der Waals surface area (Å²) in [4.78, 5) is 23.8. The number of nitrogens with one attached hydrogen (secondary N) is 2. The fourth-order valence-corrected chi connectivity index (χ4v) is 2.63. The molecule has 0 bridgehead atoms. The van der Waals surface area contributed by atoms with Crippen LogP contribution in [0, 0.1) is 0 Å². The van der Waals surface area contributed by atoms with Gasteiger partial charge in [-0.05, 0) is 40.8 Å². The molecule has 0 radical (unpaired) electrons. The number of ether oxygens (including phenoxy) is 1. The van der Waals surface area contributed by atoms with Crippen molar-refractivity contribution in [2.24, 2.45) is 0 Å². The molecule has 0 saturated carbocycles. The molecule has 0 spiro atoms. The number of aliphatic hydroxyl groups excluding tert-OH is 1. The van der Waals surface area contributed by atoms with Gasteiger partial charge < -0.3 is 25.6 Å². The highest BCUT2D eigenvalue weighted by Crippen LogP contribution is 2.24. The van der Waals surface area contributed by atoms with Crippen LogP contribution in [0.1, 0.15) is 38.0 Å². The van der Waals surface area contributed by atoms with E-state index in [9.17, 15) is 19.8 Å². The second kappa shape index (κ2) is 8.75. The Kier molecular flexibility index (Phi) is 6.64. The Hall–Kier alpha value is -3.06. The monoisotopic (exact) mass is 386 g/mol. The highest BCUT2D eigenvalue weighted by Gasteiger charge is 2.29. The maximum Gasteiger partial charge on any atom is 0.329 e. The first-order valence-electron chi connectivity index (χ1n) is 8.84. The van der Waals surface area contributed by atoms with Crippen molar-refractivity contribution in [2.75, 3.05) is 12.4 Å². The second-order valence-electron chi connectivity index (χ2n) is 7.46. The van der Waals surface area contributed by atoms with Gasteiger partial charge in [0.1, 0.15) is 11.9 Å². The quantitative estimate of drug-likeness (QED) is 0.609. The minimum absolute atomic E-state index is 0.0162. The van der Waals surface area contributed by atoms with Crippen molar-refractivity contribution in [1.82, 2.24) is 5.32 Å². The SMILES string of the molecule is COc1ccc(C(O)C(NC(=O)Nc2ccc(C(C)(C)C)cc2)C(=O)O)cc1. The topological polar surface area (TPSA) is 108 Å². The first kappa shape index (κ1) is 21.2. The third-order valence-electron chi connectivity index (χ3n) is 4.33. The molecule has 0 fully saturated rings. The summed E-state index contributed by atoms with van der Waals surface area (Å²) in [5.41, 5.74) is 1.96. The van der Waals surface area contributed by atoms with E-state index in [1.807, 2.05) is 12.1 Å². The summed E-state index contributed by atoms with van der Waals surface area (Å²) in [6.07, 6.45) is -1.42. The van der Waals surface area contributed by atoms with Crippen molar-refractivity contribution < 1.29 is 24.5 Å². The molecule has 2 atom stereocenters. The summed E-state index contributed by atoms with van der Waals surface area (Å²) >= 11 is 0. The first-order chi connectivity index (χ1) is 13.1. The second-order valence-corrected chi connectivity index (χ2v) is 7.46. The number of aliphatic carboxylic acids is 1. The van der Waals surface area contributed by atoms with Crippen LogP contribution in [0.4, 0.5) is 10.5 Å². The highest BCUT2D eigenvalue weighted by molar-refractivity contribution is 5.92. The number of rotatable bonds is 6. The smallest absolute Gasteiger partial charge is 0.329 e. The largest absolute Gasteiger partial charge is 0.497 e. The molecule has 0 aliphatic heterocycles. The third-order valence-corrected chi connectivity index (χ3v) is 4.33. The van der Waals surface area contributed by atoms with Crippen LogP contribution in [0.5, 0.6) is 5.75 Å². The van der Waals surface area contributed by atoms with Crippen LogP contribution in [-0.2, 0) is 10.2 Å². The number of carboxylic acids is 1. The minimum atomic E-state index is -1.51. The molecular weight excluding hydrogens is 360 g/mol. The van der Waals surface area contributed by atoms with Crippen molar-refractivity contribution in [3.05, 3.63) is 59.7 Å². The van der Waals surface area contributed by atoms with E-state index in [0.29, 0.717) is 17.0 Å². The van der Waals surface area contributed by atoms with Gasteiger partial charge in [0.2, 0.25) is 0 Å². The Morgan fingerprint density at radius 2 is 1.57 bits per heavy atom. The van der Waals surface area contributed by atoms with Gasteiger partial charge in [-0.25, -0.2) is 9.59 Å². The Labute approximate surface area is 164 Å². The lowest BCUT2D eigenvalue weighted by molar-refractivity contribution is -0.142. The van der Waals surface area contributed by atoms with E-state index in [0.717, 1.165) is 5.56 Å². The number of hydrogen-bond donors (Lipinski definition) is 4. The number of carboxylic acid groups (broad SMARTS) is 1. The molecular formula is C21H26N2O5. The third kappa shape index (κ3) is 5.47. The van der Waals surface area contributed by atoms with Crippen LogP contribution in [0.3, 0.4) is 0 Å². The number of benzene rings is 2. The number of carbonyl (C=O) groups excluding carboxylic acids is 1. The fourth-order valence-electron chi connectivity index (χ4n) is 2.63. The van der Waals surface area contributed by atoms with E-state index < -0.39 is 24.1 Å². The molecule has 28 heavy (non-hydrogen) atoms. The molecule has 0 aliphatic rings. The number of aliphatic hydroxyl groups is 1. The van der Waals surface area contributed by atoms with Crippen LogP contribution in [0.2, 0.25) is 0 Å². The standard InChI is InChI=1S/C21H26N2O5/c1-21(2,3)14-7-9-15(10-8-14)22-20(27)23-17(19(25)26)18(24)13-5-11-16(28-4)12-6-13/h5-12,17-18,24H,1-4H3,(H,25,26)(H2,22,23,27). The first-order valence-corrected chi connectivity index (χ1v) is 8.84. The van der Waals surface area contributed by atoms with Gasteiger partial charge in [0.25, 0.3) is 0 Å². The van der Waals surface area contributed by atoms with E-state index in [2.05, 4.69) is 31.4 Å². The summed E-state index contributed by atoms with van der Waals surface area (Å²) in [7, 11) is 1.51. The zero-order valence-electron chi connectivity index (χ0n) is 16.4. The van der Waals surface area contributed by atoms with E-state index in [1.54, 1.807) is 36.4 Å². The zero-order valence-corrected chi connectivity index (χ0v) is 16.4. The van der Waals surface area contributed by atoms with Crippen LogP contribution in [0.25, 0.3) is 0 Å². The Morgan fingerprint density at radius 3 is 2.04 bits per heavy atom. The van der Waals surface area contributed by atoms with Gasteiger partial charge in [-0.1, -0.05) is 45.0 Å². The van der Waals surface area contributed by atoms with Gasteiger partial charge in [0, 0.05) is 5.69 Å². The molecule has 0 heterocycles. The normalized spacial score (nSPS) is 13.3. The van der Waals surface area contributed by atoms with E-state index >= 15 is 0 Å². The van der Waals surface area contributed by atoms with Gasteiger partial charge in [-0.2, -0.15) is 0 Å². The van der Waals surface area contributed by atoms with Crippen LogP contribution in [-0.4, -0.2) is 35.4 Å². The molecule has 0 aromatic heterocycles. The molecule has 2 aromatic rings. The molecule has 4 N–H and O–H groups in total. The maximum absolute atomic E-state index is 12.2. The Bertz CT molecular complexity index is 810. The van der Waals surface area contributed by atoms with Crippen molar-refractivity contribution in [2.45, 2.75) is 38.3 Å². The molecule has 2 amide bonds. The maximum atomic E-state index is 12.2. The van der Waals surface area contributed by atoms with Crippen molar-refractivity contribution in [3.8, 4) is 5.75 Å². The molecule has 2 unspecified atom stereocenters. The summed E-state index contributed by atoms with van der Waals surface area (Å²) in [5.74, 6) is -0.770. The van der Waals surface area contributed by atoms with Crippen molar-refractivity contribution in [1.29, 1.82) is 0 Å². The van der Waals surface area contributed by atoms with Crippen molar-refractivity contribution in [3.63, 3.8) is 0 Å². The van der Waals surface area contributed by atoms with E-state index in [-0.39, 0.29) is 5.41 Å².